The number of likely N-dealkylation sites (N-methyl/N-ethyl adjacent to an activating group) is 1. The van der Waals surface area contributed by atoms with Crippen LogP contribution in [0.15, 0.2) is 34.6 Å². The molecule has 2 aromatic rings. The van der Waals surface area contributed by atoms with Gasteiger partial charge in [-0.2, -0.15) is 0 Å². The third-order valence-electron chi connectivity index (χ3n) is 6.03. The lowest BCUT2D eigenvalue weighted by Crippen LogP contribution is -2.37. The minimum Gasteiger partial charge on any atom is -0.468 e. The summed E-state index contributed by atoms with van der Waals surface area (Å²) in [5.41, 5.74) is 1.93. The molecule has 1 aromatic carbocycles. The maximum Gasteiger partial charge on any atom is 0.325 e. The molecule has 0 N–H and O–H groups in total. The summed E-state index contributed by atoms with van der Waals surface area (Å²) in [5.74, 6) is -0.716. The molecule has 2 amide bonds. The molecule has 0 unspecified atom stereocenters. The largest absolute Gasteiger partial charge is 0.468 e. The SMILES string of the molecule is COC(=O)CN1C(=S)N(C)C(=O)/C1=C/c1cn(CC(=O)N2CCCCC2)c2ccc(Br)cc12. The highest BCUT2D eigenvalue weighted by Gasteiger charge is 2.37. The van der Waals surface area contributed by atoms with Crippen molar-refractivity contribution in [1.29, 1.82) is 0 Å². The van der Waals surface area contributed by atoms with Crippen LogP contribution in [0.25, 0.3) is 17.0 Å². The fraction of sp³-hybridized carbons (Fsp3) is 0.391. The number of rotatable bonds is 5. The Balaban J connectivity index is 1.73. The van der Waals surface area contributed by atoms with Crippen LogP contribution < -0.4 is 0 Å². The lowest BCUT2D eigenvalue weighted by Gasteiger charge is -2.27. The van der Waals surface area contributed by atoms with Gasteiger partial charge in [0.25, 0.3) is 5.91 Å². The van der Waals surface area contributed by atoms with Gasteiger partial charge >= 0.3 is 5.97 Å². The van der Waals surface area contributed by atoms with Crippen molar-refractivity contribution in [3.05, 3.63) is 40.1 Å². The van der Waals surface area contributed by atoms with E-state index in [0.717, 1.165) is 53.3 Å². The van der Waals surface area contributed by atoms with Crippen LogP contribution >= 0.6 is 28.1 Å². The first kappa shape index (κ1) is 23.4. The van der Waals surface area contributed by atoms with Gasteiger partial charge in [-0.15, -0.1) is 0 Å². The summed E-state index contributed by atoms with van der Waals surface area (Å²) in [6.07, 6.45) is 6.82. The lowest BCUT2D eigenvalue weighted by molar-refractivity contribution is -0.140. The predicted octanol–water partition coefficient (Wildman–Crippen LogP) is 2.99. The second-order valence-electron chi connectivity index (χ2n) is 8.15. The average molecular weight is 533 g/mol. The van der Waals surface area contributed by atoms with Gasteiger partial charge in [0.05, 0.1) is 7.11 Å². The first-order valence-electron chi connectivity index (χ1n) is 10.7. The number of hydrogen-bond donors (Lipinski definition) is 0. The quantitative estimate of drug-likeness (QED) is 0.334. The molecule has 174 valence electrons. The van der Waals surface area contributed by atoms with E-state index in [-0.39, 0.29) is 35.7 Å². The summed E-state index contributed by atoms with van der Waals surface area (Å²) in [4.78, 5) is 42.5. The molecule has 2 aliphatic heterocycles. The topological polar surface area (TPSA) is 75.1 Å². The minimum atomic E-state index is -0.497. The third-order valence-corrected chi connectivity index (χ3v) is 7.02. The molecule has 2 fully saturated rings. The fourth-order valence-electron chi connectivity index (χ4n) is 4.22. The van der Waals surface area contributed by atoms with Crippen molar-refractivity contribution in [1.82, 2.24) is 19.3 Å². The molecule has 0 atom stereocenters. The van der Waals surface area contributed by atoms with Crippen molar-refractivity contribution in [3.63, 3.8) is 0 Å². The number of methoxy groups -OCH3 is 1. The number of amides is 2. The maximum absolute atomic E-state index is 12.9. The van der Waals surface area contributed by atoms with Gasteiger partial charge in [-0.3, -0.25) is 19.3 Å². The highest BCUT2D eigenvalue weighted by atomic mass is 79.9. The van der Waals surface area contributed by atoms with E-state index in [1.165, 1.54) is 16.9 Å². The molecule has 2 aliphatic rings. The van der Waals surface area contributed by atoms with Gasteiger partial charge in [0, 0.05) is 47.3 Å². The van der Waals surface area contributed by atoms with E-state index in [4.69, 9.17) is 17.0 Å². The van der Waals surface area contributed by atoms with Gasteiger partial charge in [-0.05, 0) is 55.8 Å². The zero-order chi connectivity index (χ0) is 23.7. The van der Waals surface area contributed by atoms with Gasteiger partial charge in [0.15, 0.2) is 5.11 Å². The van der Waals surface area contributed by atoms with Gasteiger partial charge in [0.2, 0.25) is 5.91 Å². The molecular weight excluding hydrogens is 508 g/mol. The highest BCUT2D eigenvalue weighted by molar-refractivity contribution is 9.10. The Morgan fingerprint density at radius 1 is 1.18 bits per heavy atom. The maximum atomic E-state index is 12.9. The monoisotopic (exact) mass is 532 g/mol. The second-order valence-corrected chi connectivity index (χ2v) is 9.43. The smallest absolute Gasteiger partial charge is 0.325 e. The van der Waals surface area contributed by atoms with Crippen LogP contribution in [0.1, 0.15) is 24.8 Å². The molecule has 0 saturated carbocycles. The Labute approximate surface area is 205 Å². The molecule has 2 saturated heterocycles. The Hall–Kier alpha value is -2.72. The Bertz CT molecular complexity index is 1170. The standard InChI is InChI=1S/C23H25BrN4O4S/c1-25-22(31)19(28(23(25)33)14-21(30)32-2)10-15-12-27(18-7-6-16(24)11-17(15)18)13-20(29)26-8-4-3-5-9-26/h6-7,10-12H,3-5,8-9,13-14H2,1-2H3/b19-10-. The van der Waals surface area contributed by atoms with Crippen LogP contribution in [0, 0.1) is 0 Å². The zero-order valence-corrected chi connectivity index (χ0v) is 20.9. The third kappa shape index (κ3) is 4.67. The van der Waals surface area contributed by atoms with Crippen molar-refractivity contribution in [2.75, 3.05) is 33.8 Å². The summed E-state index contributed by atoms with van der Waals surface area (Å²) in [6.45, 7) is 1.65. The first-order valence-corrected chi connectivity index (χ1v) is 11.9. The summed E-state index contributed by atoms with van der Waals surface area (Å²) in [6, 6.07) is 5.83. The lowest BCUT2D eigenvalue weighted by atomic mass is 10.1. The number of carbonyl (C=O) groups is 3. The summed E-state index contributed by atoms with van der Waals surface area (Å²) < 4.78 is 7.57. The van der Waals surface area contributed by atoms with Crippen molar-refractivity contribution >= 4 is 68.0 Å². The van der Waals surface area contributed by atoms with Crippen LogP contribution in [0.4, 0.5) is 0 Å². The van der Waals surface area contributed by atoms with E-state index >= 15 is 0 Å². The molecular formula is C23H25BrN4O4S. The minimum absolute atomic E-state index is 0.0823. The van der Waals surface area contributed by atoms with Crippen LogP contribution in [-0.2, 0) is 25.7 Å². The summed E-state index contributed by atoms with van der Waals surface area (Å²) in [7, 11) is 2.87. The number of esters is 1. The Morgan fingerprint density at radius 3 is 2.61 bits per heavy atom. The predicted molar refractivity (Wildman–Crippen MR) is 132 cm³/mol. The molecule has 10 heteroatoms. The number of nitrogens with zero attached hydrogens (tertiary/aromatic N) is 4. The molecule has 3 heterocycles. The Morgan fingerprint density at radius 2 is 1.91 bits per heavy atom. The van der Waals surface area contributed by atoms with Crippen molar-refractivity contribution in [3.8, 4) is 0 Å². The molecule has 33 heavy (non-hydrogen) atoms. The number of halogens is 1. The molecule has 1 aromatic heterocycles. The van der Waals surface area contributed by atoms with Crippen molar-refractivity contribution < 1.29 is 19.1 Å². The zero-order valence-electron chi connectivity index (χ0n) is 18.5. The molecule has 0 bridgehead atoms. The van der Waals surface area contributed by atoms with Gasteiger partial charge in [0.1, 0.15) is 18.8 Å². The number of piperidine rings is 1. The average Bonchev–Trinajstić information content (AvgIpc) is 3.24. The highest BCUT2D eigenvalue weighted by Crippen LogP contribution is 2.30. The van der Waals surface area contributed by atoms with E-state index in [2.05, 4.69) is 15.9 Å². The molecule has 0 radical (unpaired) electrons. The number of fused-ring (bicyclic) bond motifs is 1. The fourth-order valence-corrected chi connectivity index (χ4v) is 4.83. The van der Waals surface area contributed by atoms with E-state index in [0.29, 0.717) is 0 Å². The summed E-state index contributed by atoms with van der Waals surface area (Å²) in [5, 5.41) is 1.12. The van der Waals surface area contributed by atoms with Crippen molar-refractivity contribution in [2.24, 2.45) is 0 Å². The van der Waals surface area contributed by atoms with Gasteiger partial charge in [-0.25, -0.2) is 0 Å². The van der Waals surface area contributed by atoms with E-state index in [9.17, 15) is 14.4 Å². The number of ether oxygens (including phenoxy) is 1. The van der Waals surface area contributed by atoms with Crippen LogP contribution in [-0.4, -0.2) is 76.0 Å². The number of thiocarbonyl (C=S) groups is 1. The van der Waals surface area contributed by atoms with Crippen molar-refractivity contribution in [2.45, 2.75) is 25.8 Å². The van der Waals surface area contributed by atoms with Crippen LogP contribution in [0.3, 0.4) is 0 Å². The summed E-state index contributed by atoms with van der Waals surface area (Å²) >= 11 is 8.88. The van der Waals surface area contributed by atoms with Gasteiger partial charge in [-0.1, -0.05) is 15.9 Å². The van der Waals surface area contributed by atoms with Crippen LogP contribution in [0.5, 0.6) is 0 Å². The molecule has 0 spiro atoms. The molecule has 4 rings (SSSR count). The normalized spacial score (nSPS) is 18.0. The number of aromatic nitrogens is 1. The first-order chi connectivity index (χ1) is 15.8. The number of likely N-dealkylation sites (tertiary alicyclic amines) is 1. The van der Waals surface area contributed by atoms with E-state index < -0.39 is 5.97 Å². The number of benzene rings is 1. The molecule has 8 nitrogen and oxygen atoms in total. The number of hydrogen-bond acceptors (Lipinski definition) is 5. The molecule has 0 aliphatic carbocycles. The van der Waals surface area contributed by atoms with Crippen LogP contribution in [0.2, 0.25) is 0 Å². The van der Waals surface area contributed by atoms with E-state index in [1.54, 1.807) is 13.1 Å². The number of carbonyl (C=O) groups excluding carboxylic acids is 3. The van der Waals surface area contributed by atoms with Gasteiger partial charge < -0.3 is 19.1 Å². The Kier molecular flexibility index (Phi) is 6.85. The second kappa shape index (κ2) is 9.64. The van der Waals surface area contributed by atoms with E-state index in [1.807, 2.05) is 33.9 Å².